The largest absolute Gasteiger partial charge is 0.325 e. The molecule has 0 saturated heterocycles. The molecule has 1 nitrogen and oxygen atoms in total. The summed E-state index contributed by atoms with van der Waals surface area (Å²) >= 11 is 0. The van der Waals surface area contributed by atoms with Crippen molar-refractivity contribution in [3.05, 3.63) is 11.3 Å². The monoisotopic (exact) mass is 255 g/mol. The number of rotatable bonds is 11. The predicted molar refractivity (Wildman–Crippen MR) is 83.2 cm³/mol. The second kappa shape index (κ2) is 12.4. The first-order valence-electron chi connectivity index (χ1n) is 7.68. The molecule has 0 amide bonds. The fourth-order valence-electron chi connectivity index (χ4n) is 2.22. The van der Waals surface area contributed by atoms with Crippen LogP contribution in [0.3, 0.4) is 0 Å². The molecule has 0 radical (unpaired) electrons. The molecule has 0 saturated carbocycles. The van der Waals surface area contributed by atoms with Crippen molar-refractivity contribution in [1.29, 1.82) is 0 Å². The van der Waals surface area contributed by atoms with Gasteiger partial charge in [0.25, 0.3) is 0 Å². The van der Waals surface area contributed by atoms with E-state index in [4.69, 9.17) is 0 Å². The van der Waals surface area contributed by atoms with E-state index in [1.165, 1.54) is 58.0 Å². The Kier molecular flexibility index (Phi) is 12.3. The van der Waals surface area contributed by atoms with Crippen molar-refractivity contribution in [2.24, 2.45) is 0 Å². The van der Waals surface area contributed by atoms with Crippen molar-refractivity contribution < 1.29 is 0 Å². The summed E-state index contributed by atoms with van der Waals surface area (Å²) in [5.74, 6) is 0. The zero-order valence-corrected chi connectivity index (χ0v) is 14.0. The summed E-state index contributed by atoms with van der Waals surface area (Å²) in [7, 11) is -0.123. The van der Waals surface area contributed by atoms with Crippen molar-refractivity contribution in [3.8, 4) is 0 Å². The highest BCUT2D eigenvalue weighted by atomic mass is 28.2. The average Bonchev–Trinajstić information content (AvgIpc) is 2.33. The third-order valence-corrected chi connectivity index (χ3v) is 5.06. The highest BCUT2D eigenvalue weighted by molar-refractivity contribution is 6.39. The smallest absolute Gasteiger partial charge is 0.119 e. The first-order chi connectivity index (χ1) is 8.28. The fourth-order valence-corrected chi connectivity index (χ4v) is 4.05. The summed E-state index contributed by atoms with van der Waals surface area (Å²) in [5.41, 5.74) is 4.37. The number of hydrogen-bond donors (Lipinski definition) is 0. The number of nitrogens with zero attached hydrogens (tertiary/aromatic N) is 1. The lowest BCUT2D eigenvalue weighted by Gasteiger charge is -2.20. The second-order valence-electron chi connectivity index (χ2n) is 5.02. The van der Waals surface area contributed by atoms with E-state index in [-0.39, 0.29) is 9.68 Å². The van der Waals surface area contributed by atoms with Crippen molar-refractivity contribution >= 4 is 9.68 Å². The van der Waals surface area contributed by atoms with Crippen LogP contribution >= 0.6 is 0 Å². The van der Waals surface area contributed by atoms with Crippen LogP contribution in [0.5, 0.6) is 0 Å². The van der Waals surface area contributed by atoms with Crippen molar-refractivity contribution in [3.63, 3.8) is 0 Å². The third-order valence-electron chi connectivity index (χ3n) is 3.15. The molecule has 0 bridgehead atoms. The Balaban J connectivity index is 4.14. The minimum absolute atomic E-state index is 0.123. The van der Waals surface area contributed by atoms with E-state index in [1.54, 1.807) is 5.57 Å². The van der Waals surface area contributed by atoms with E-state index in [0.29, 0.717) is 0 Å². The first-order valence-corrected chi connectivity index (χ1v) is 9.13. The lowest BCUT2D eigenvalue weighted by molar-refractivity contribution is 0.433. The van der Waals surface area contributed by atoms with Gasteiger partial charge >= 0.3 is 0 Å². The minimum atomic E-state index is -0.123. The van der Waals surface area contributed by atoms with Gasteiger partial charge in [0.2, 0.25) is 0 Å². The minimum Gasteiger partial charge on any atom is -0.325 e. The lowest BCUT2D eigenvalue weighted by Crippen LogP contribution is -2.29. The molecule has 0 heterocycles. The molecule has 0 aromatic rings. The molecule has 0 atom stereocenters. The van der Waals surface area contributed by atoms with Gasteiger partial charge < -0.3 is 4.57 Å². The molecule has 0 fully saturated rings. The van der Waals surface area contributed by atoms with Crippen LogP contribution in [-0.4, -0.2) is 27.3 Å². The third kappa shape index (κ3) is 9.60. The molecular weight excluding hydrogens is 222 g/mol. The van der Waals surface area contributed by atoms with Gasteiger partial charge in [-0.2, -0.15) is 0 Å². The summed E-state index contributed by atoms with van der Waals surface area (Å²) in [6, 6.07) is 0. The van der Waals surface area contributed by atoms with Crippen molar-refractivity contribution in [2.45, 2.75) is 72.6 Å². The van der Waals surface area contributed by atoms with Crippen LogP contribution in [0.2, 0.25) is 0 Å². The predicted octanol–water partition coefficient (Wildman–Crippen LogP) is 4.07. The Morgan fingerprint density at radius 2 is 1.53 bits per heavy atom. The molecule has 0 unspecified atom stereocenters. The summed E-state index contributed by atoms with van der Waals surface area (Å²) < 4.78 is 2.74. The molecule has 0 spiro atoms. The maximum atomic E-state index is 2.74. The molecule has 0 aliphatic heterocycles. The quantitative estimate of drug-likeness (QED) is 0.503. The molecule has 102 valence electrons. The Labute approximate surface area is 112 Å². The van der Waals surface area contributed by atoms with Crippen LogP contribution in [0, 0.1) is 0 Å². The zero-order valence-electron chi connectivity index (χ0n) is 12.6. The maximum absolute atomic E-state index is 2.74. The van der Waals surface area contributed by atoms with E-state index in [1.807, 2.05) is 0 Å². The van der Waals surface area contributed by atoms with Crippen molar-refractivity contribution in [1.82, 2.24) is 4.57 Å². The van der Waals surface area contributed by atoms with E-state index in [9.17, 15) is 0 Å². The van der Waals surface area contributed by atoms with E-state index in [0.717, 1.165) is 0 Å². The van der Waals surface area contributed by atoms with Gasteiger partial charge in [-0.05, 0) is 38.8 Å². The van der Waals surface area contributed by atoms with Crippen LogP contribution in [0.4, 0.5) is 0 Å². The molecule has 0 aromatic carbocycles. The Morgan fingerprint density at radius 3 is 2.00 bits per heavy atom. The molecule has 0 aromatic heterocycles. The first kappa shape index (κ1) is 16.9. The summed E-state index contributed by atoms with van der Waals surface area (Å²) in [5, 5.41) is 0. The van der Waals surface area contributed by atoms with Crippen LogP contribution < -0.4 is 0 Å². The van der Waals surface area contributed by atoms with Gasteiger partial charge in [0.1, 0.15) is 9.68 Å². The summed E-state index contributed by atoms with van der Waals surface area (Å²) in [6.07, 6.45) is 9.28. The summed E-state index contributed by atoms with van der Waals surface area (Å²) in [4.78, 5) is 0. The Hall–Kier alpha value is -0.0831. The van der Waals surface area contributed by atoms with E-state index < -0.39 is 0 Å². The van der Waals surface area contributed by atoms with Crippen LogP contribution in [0.25, 0.3) is 0 Å². The van der Waals surface area contributed by atoms with Crippen LogP contribution in [-0.2, 0) is 0 Å². The lowest BCUT2D eigenvalue weighted by atomic mass is 10.1. The van der Waals surface area contributed by atoms with Gasteiger partial charge in [-0.25, -0.2) is 0 Å². The standard InChI is InChI=1S/C15H33NSi/c1-5-9-13-16(12-8-4)17-14-15(10-6-2)11-7-3/h14H,5-13,17H2,1-4H3. The van der Waals surface area contributed by atoms with Gasteiger partial charge in [0, 0.05) is 0 Å². The molecule has 0 N–H and O–H groups in total. The number of allylic oxidation sites excluding steroid dienone is 1. The Morgan fingerprint density at radius 1 is 0.882 bits per heavy atom. The SMILES string of the molecule is CCCCN(CCC)[SiH2]C=C(CCC)CCC. The van der Waals surface area contributed by atoms with Gasteiger partial charge in [0.15, 0.2) is 0 Å². The normalized spacial score (nSPS) is 11.6. The van der Waals surface area contributed by atoms with Gasteiger partial charge in [-0.1, -0.05) is 58.2 Å². The molecule has 0 aliphatic carbocycles. The van der Waals surface area contributed by atoms with Crippen LogP contribution in [0.15, 0.2) is 11.3 Å². The van der Waals surface area contributed by atoms with Gasteiger partial charge in [0.05, 0.1) is 0 Å². The molecule has 0 rings (SSSR count). The number of unbranched alkanes of at least 4 members (excludes halogenated alkanes) is 1. The number of hydrogen-bond acceptors (Lipinski definition) is 1. The van der Waals surface area contributed by atoms with Gasteiger partial charge in [-0.15, -0.1) is 0 Å². The van der Waals surface area contributed by atoms with Crippen LogP contribution in [0.1, 0.15) is 72.6 Å². The van der Waals surface area contributed by atoms with E-state index in [2.05, 4.69) is 38.0 Å². The topological polar surface area (TPSA) is 3.24 Å². The molecule has 17 heavy (non-hydrogen) atoms. The average molecular weight is 256 g/mol. The van der Waals surface area contributed by atoms with E-state index >= 15 is 0 Å². The zero-order chi connectivity index (χ0) is 12.9. The highest BCUT2D eigenvalue weighted by Gasteiger charge is 2.02. The molecular formula is C15H33NSi. The van der Waals surface area contributed by atoms with Gasteiger partial charge in [-0.3, -0.25) is 0 Å². The fraction of sp³-hybridized carbons (Fsp3) is 0.867. The van der Waals surface area contributed by atoms with Crippen molar-refractivity contribution in [2.75, 3.05) is 13.1 Å². The second-order valence-corrected chi connectivity index (χ2v) is 6.68. The molecule has 2 heteroatoms. The highest BCUT2D eigenvalue weighted by Crippen LogP contribution is 2.11. The Bertz CT molecular complexity index is 181. The summed E-state index contributed by atoms with van der Waals surface area (Å²) in [6.45, 7) is 11.8. The maximum Gasteiger partial charge on any atom is 0.119 e. The molecule has 0 aliphatic rings.